The van der Waals surface area contributed by atoms with Gasteiger partial charge in [-0.25, -0.2) is 8.42 Å². The van der Waals surface area contributed by atoms with E-state index in [4.69, 9.17) is 18.4 Å². The van der Waals surface area contributed by atoms with Crippen molar-refractivity contribution in [2.75, 3.05) is 7.11 Å². The van der Waals surface area contributed by atoms with Crippen molar-refractivity contribution >= 4 is 28.3 Å². The number of methoxy groups -OCH3 is 1. The minimum absolute atomic E-state index is 0.0121. The lowest BCUT2D eigenvalue weighted by molar-refractivity contribution is -0.214. The van der Waals surface area contributed by atoms with E-state index in [9.17, 15) is 27.4 Å². The first kappa shape index (κ1) is 31.2. The van der Waals surface area contributed by atoms with Crippen LogP contribution in [0.1, 0.15) is 92.4 Å². The number of hydrogen-bond acceptors (Lipinski definition) is 10. The van der Waals surface area contributed by atoms with E-state index in [-0.39, 0.29) is 77.5 Å². The number of rotatable bonds is 8. The number of esters is 3. The zero-order valence-corrected chi connectivity index (χ0v) is 25.4. The lowest BCUT2D eigenvalue weighted by Crippen LogP contribution is -2.63. The van der Waals surface area contributed by atoms with Crippen molar-refractivity contribution < 1.29 is 45.7 Å². The Morgan fingerprint density at radius 3 is 2.25 bits per heavy atom. The fourth-order valence-electron chi connectivity index (χ4n) is 9.67. The van der Waals surface area contributed by atoms with Crippen molar-refractivity contribution in [2.24, 2.45) is 46.3 Å². The molecule has 0 aromatic heterocycles. The standard InChI is InChI=1S/C29H46O10S/c1-16(7-10-26(32)36-6)21-8-9-22-27-23(15-25(29(21,22)5)39-40(33,34)35)28(4)12-11-20(37-17(2)30)13-19(28)14-24(27)38-18(3)31/h16,19-25,27H,7-15H2,1-6H3,(H,33,34,35)/p-1/t16-,19+,20-,21-,22+,23+,24-,25+,27+,28+,29-/m1/s1. The van der Waals surface area contributed by atoms with Crippen LogP contribution in [0.4, 0.5) is 0 Å². The van der Waals surface area contributed by atoms with Crippen LogP contribution in [0.2, 0.25) is 0 Å². The maximum Gasteiger partial charge on any atom is 0.305 e. The Morgan fingerprint density at radius 1 is 0.975 bits per heavy atom. The molecule has 0 amide bonds. The van der Waals surface area contributed by atoms with Crippen LogP contribution >= 0.6 is 0 Å². The van der Waals surface area contributed by atoms with E-state index in [1.54, 1.807) is 0 Å². The van der Waals surface area contributed by atoms with Crippen molar-refractivity contribution in [1.82, 2.24) is 0 Å². The van der Waals surface area contributed by atoms with Gasteiger partial charge < -0.3 is 18.8 Å². The van der Waals surface area contributed by atoms with Gasteiger partial charge in [-0.3, -0.25) is 18.6 Å². The summed E-state index contributed by atoms with van der Waals surface area (Å²) < 4.78 is 58.1. The summed E-state index contributed by atoms with van der Waals surface area (Å²) in [5.41, 5.74) is -0.882. The molecular formula is C29H45O10S-. The molecule has 0 spiro atoms. The number of hydrogen-bond donors (Lipinski definition) is 0. The van der Waals surface area contributed by atoms with Gasteiger partial charge in [-0.05, 0) is 86.4 Å². The molecule has 228 valence electrons. The number of ether oxygens (including phenoxy) is 3. The normalized spacial score (nSPS) is 41.6. The van der Waals surface area contributed by atoms with Crippen LogP contribution in [0, 0.1) is 46.3 Å². The Morgan fingerprint density at radius 2 is 1.65 bits per heavy atom. The summed E-state index contributed by atoms with van der Waals surface area (Å²) in [6, 6.07) is 0. The monoisotopic (exact) mass is 585 g/mol. The minimum Gasteiger partial charge on any atom is -0.726 e. The molecule has 0 radical (unpaired) electrons. The SMILES string of the molecule is COC(=O)CC[C@@H](C)[C@H]1CC[C@H]2[C@@H]3[C@H](OC(C)=O)C[C@@H]4C[C@H](OC(C)=O)CC[C@]4(C)[C@H]3C[C@H](OS(=O)(=O)[O-])[C@]12C. The fourth-order valence-corrected chi connectivity index (χ4v) is 10.2. The highest BCUT2D eigenvalue weighted by molar-refractivity contribution is 7.80. The van der Waals surface area contributed by atoms with E-state index in [0.29, 0.717) is 32.1 Å². The second kappa shape index (κ2) is 11.5. The molecule has 0 bridgehead atoms. The third-order valence-electron chi connectivity index (χ3n) is 11.4. The van der Waals surface area contributed by atoms with Gasteiger partial charge in [0.25, 0.3) is 0 Å². The molecule has 4 fully saturated rings. The summed E-state index contributed by atoms with van der Waals surface area (Å²) in [5.74, 6) is -0.894. The van der Waals surface area contributed by atoms with Gasteiger partial charge >= 0.3 is 17.9 Å². The number of carbonyl (C=O) groups is 3. The Balaban J connectivity index is 1.72. The van der Waals surface area contributed by atoms with Gasteiger partial charge in [0.15, 0.2) is 0 Å². The molecule has 10 nitrogen and oxygen atoms in total. The average molecular weight is 586 g/mol. The molecule has 40 heavy (non-hydrogen) atoms. The summed E-state index contributed by atoms with van der Waals surface area (Å²) in [4.78, 5) is 35.9. The third kappa shape index (κ3) is 5.93. The summed E-state index contributed by atoms with van der Waals surface area (Å²) in [7, 11) is -3.63. The first-order valence-electron chi connectivity index (χ1n) is 14.7. The molecule has 0 unspecified atom stereocenters. The molecule has 0 aliphatic heterocycles. The molecule has 0 saturated heterocycles. The second-order valence-electron chi connectivity index (χ2n) is 13.3. The lowest BCUT2D eigenvalue weighted by atomic mass is 9.43. The van der Waals surface area contributed by atoms with E-state index in [1.807, 2.05) is 6.92 Å². The zero-order valence-electron chi connectivity index (χ0n) is 24.6. The fraction of sp³-hybridized carbons (Fsp3) is 0.897. The summed E-state index contributed by atoms with van der Waals surface area (Å²) in [6.45, 7) is 9.14. The Kier molecular flexibility index (Phi) is 8.99. The van der Waals surface area contributed by atoms with E-state index in [0.717, 1.165) is 19.3 Å². The predicted molar refractivity (Wildman–Crippen MR) is 142 cm³/mol. The van der Waals surface area contributed by atoms with Gasteiger partial charge in [-0.1, -0.05) is 20.8 Å². The van der Waals surface area contributed by atoms with Crippen LogP contribution in [-0.4, -0.2) is 56.3 Å². The molecule has 11 atom stereocenters. The number of carbonyl (C=O) groups excluding carboxylic acids is 3. The van der Waals surface area contributed by atoms with E-state index in [1.165, 1.54) is 21.0 Å². The summed E-state index contributed by atoms with van der Waals surface area (Å²) in [5, 5.41) is 0. The zero-order chi connectivity index (χ0) is 29.6. The van der Waals surface area contributed by atoms with E-state index < -0.39 is 21.9 Å². The van der Waals surface area contributed by atoms with Crippen LogP contribution < -0.4 is 0 Å². The van der Waals surface area contributed by atoms with Gasteiger partial charge in [0.05, 0.1) is 13.2 Å². The third-order valence-corrected chi connectivity index (χ3v) is 11.8. The molecular weight excluding hydrogens is 540 g/mol. The van der Waals surface area contributed by atoms with Crippen LogP contribution in [0.15, 0.2) is 0 Å². The van der Waals surface area contributed by atoms with Gasteiger partial charge in [0, 0.05) is 31.6 Å². The molecule has 4 aliphatic rings. The summed E-state index contributed by atoms with van der Waals surface area (Å²) in [6.07, 6.45) is 4.17. The smallest absolute Gasteiger partial charge is 0.305 e. The van der Waals surface area contributed by atoms with E-state index >= 15 is 0 Å². The van der Waals surface area contributed by atoms with Crippen LogP contribution in [0.3, 0.4) is 0 Å². The highest BCUT2D eigenvalue weighted by Crippen LogP contribution is 2.69. The lowest BCUT2D eigenvalue weighted by Gasteiger charge is -2.64. The van der Waals surface area contributed by atoms with Gasteiger partial charge in [-0.2, -0.15) is 0 Å². The predicted octanol–water partition coefficient (Wildman–Crippen LogP) is 4.16. The molecule has 0 aromatic rings. The van der Waals surface area contributed by atoms with Gasteiger partial charge in [0.1, 0.15) is 12.2 Å². The van der Waals surface area contributed by atoms with Crippen molar-refractivity contribution in [3.05, 3.63) is 0 Å². The van der Waals surface area contributed by atoms with Gasteiger partial charge in [0.2, 0.25) is 10.4 Å². The average Bonchev–Trinajstić information content (AvgIpc) is 3.20. The molecule has 11 heteroatoms. The maximum absolute atomic E-state index is 12.3. The molecule has 0 aromatic carbocycles. The van der Waals surface area contributed by atoms with Gasteiger partial charge in [-0.15, -0.1) is 0 Å². The Bertz CT molecular complexity index is 1090. The van der Waals surface area contributed by atoms with Crippen molar-refractivity contribution in [3.63, 3.8) is 0 Å². The first-order valence-corrected chi connectivity index (χ1v) is 16.0. The molecule has 4 saturated carbocycles. The first-order chi connectivity index (χ1) is 18.6. The largest absolute Gasteiger partial charge is 0.726 e. The summed E-state index contributed by atoms with van der Waals surface area (Å²) >= 11 is 0. The maximum atomic E-state index is 12.3. The van der Waals surface area contributed by atoms with E-state index in [2.05, 4.69) is 13.8 Å². The van der Waals surface area contributed by atoms with Crippen molar-refractivity contribution in [1.29, 1.82) is 0 Å². The molecule has 4 aliphatic carbocycles. The highest BCUT2D eigenvalue weighted by Gasteiger charge is 2.67. The molecule has 0 heterocycles. The minimum atomic E-state index is -4.99. The highest BCUT2D eigenvalue weighted by atomic mass is 32.3. The number of fused-ring (bicyclic) bond motifs is 5. The van der Waals surface area contributed by atoms with Crippen LogP contribution in [0.5, 0.6) is 0 Å². The molecule has 4 rings (SSSR count). The molecule has 0 N–H and O–H groups in total. The topological polar surface area (TPSA) is 145 Å². The van der Waals surface area contributed by atoms with Crippen LogP contribution in [0.25, 0.3) is 0 Å². The van der Waals surface area contributed by atoms with Crippen molar-refractivity contribution in [3.8, 4) is 0 Å². The Hall–Kier alpha value is -1.72. The Labute approximate surface area is 238 Å². The second-order valence-corrected chi connectivity index (χ2v) is 14.3. The quantitative estimate of drug-likeness (QED) is 0.176. The van der Waals surface area contributed by atoms with Crippen molar-refractivity contribution in [2.45, 2.75) is 111 Å². The van der Waals surface area contributed by atoms with Crippen LogP contribution in [-0.2, 0) is 43.2 Å².